The highest BCUT2D eigenvalue weighted by atomic mass is 35.5. The number of ether oxygens (including phenoxy) is 1. The van der Waals surface area contributed by atoms with E-state index in [-0.39, 0.29) is 5.38 Å². The number of fused-ring (bicyclic) bond motifs is 1. The Morgan fingerprint density at radius 2 is 2.16 bits per heavy atom. The molecule has 19 heavy (non-hydrogen) atoms. The Morgan fingerprint density at radius 3 is 2.74 bits per heavy atom. The number of halogens is 1. The molecule has 104 valence electrons. The molecule has 0 saturated carbocycles. The minimum Gasteiger partial charge on any atom is -0.497 e. The van der Waals surface area contributed by atoms with Crippen LogP contribution in [0.1, 0.15) is 18.1 Å². The van der Waals surface area contributed by atoms with Crippen LogP contribution in [-0.4, -0.2) is 42.2 Å². The van der Waals surface area contributed by atoms with Gasteiger partial charge in [-0.15, -0.1) is 11.6 Å². The molecular weight excluding hydrogens is 262 g/mol. The number of methoxy groups -OCH3 is 1. The molecule has 0 bridgehead atoms. The van der Waals surface area contributed by atoms with Gasteiger partial charge in [0.2, 0.25) is 0 Å². The molecule has 2 rings (SSSR count). The van der Waals surface area contributed by atoms with Gasteiger partial charge >= 0.3 is 0 Å². The molecule has 2 aromatic rings. The maximum atomic E-state index is 6.24. The van der Waals surface area contributed by atoms with Gasteiger partial charge in [0, 0.05) is 19.2 Å². The van der Waals surface area contributed by atoms with Crippen molar-refractivity contribution in [3.05, 3.63) is 24.0 Å². The van der Waals surface area contributed by atoms with Crippen molar-refractivity contribution in [2.24, 2.45) is 0 Å². The summed E-state index contributed by atoms with van der Waals surface area (Å²) in [7, 11) is 5.78. The number of alkyl halides is 1. The van der Waals surface area contributed by atoms with E-state index >= 15 is 0 Å². The van der Waals surface area contributed by atoms with Crippen LogP contribution in [0, 0.1) is 0 Å². The molecule has 0 aliphatic rings. The highest BCUT2D eigenvalue weighted by Gasteiger charge is 2.15. The molecule has 0 aliphatic carbocycles. The van der Waals surface area contributed by atoms with Gasteiger partial charge in [-0.05, 0) is 33.2 Å². The highest BCUT2D eigenvalue weighted by molar-refractivity contribution is 6.20. The summed E-state index contributed by atoms with van der Waals surface area (Å²) < 4.78 is 7.43. The second-order valence-corrected chi connectivity index (χ2v) is 5.55. The summed E-state index contributed by atoms with van der Waals surface area (Å²) in [5, 5.41) is -0.111. The van der Waals surface area contributed by atoms with Crippen molar-refractivity contribution >= 4 is 22.6 Å². The van der Waals surface area contributed by atoms with Gasteiger partial charge in [-0.2, -0.15) is 0 Å². The summed E-state index contributed by atoms with van der Waals surface area (Å²) in [6.45, 7) is 3.78. The van der Waals surface area contributed by atoms with E-state index in [2.05, 4.69) is 28.5 Å². The molecule has 4 nitrogen and oxygen atoms in total. The third-order valence-corrected chi connectivity index (χ3v) is 3.31. The Bertz CT molecular complexity index is 563. The average molecular weight is 282 g/mol. The molecule has 1 atom stereocenters. The Kier molecular flexibility index (Phi) is 4.32. The van der Waals surface area contributed by atoms with Crippen molar-refractivity contribution in [1.29, 1.82) is 0 Å². The van der Waals surface area contributed by atoms with Gasteiger partial charge in [-0.25, -0.2) is 4.98 Å². The first-order chi connectivity index (χ1) is 9.02. The summed E-state index contributed by atoms with van der Waals surface area (Å²) in [5.74, 6) is 1.73. The van der Waals surface area contributed by atoms with Crippen LogP contribution in [0.4, 0.5) is 0 Å². The zero-order chi connectivity index (χ0) is 14.0. The normalized spacial score (nSPS) is 13.2. The van der Waals surface area contributed by atoms with E-state index in [0.29, 0.717) is 0 Å². The first-order valence-electron chi connectivity index (χ1n) is 6.36. The molecule has 1 aromatic carbocycles. The zero-order valence-electron chi connectivity index (χ0n) is 11.9. The monoisotopic (exact) mass is 281 g/mol. The molecule has 0 fully saturated rings. The lowest BCUT2D eigenvalue weighted by Gasteiger charge is -2.14. The average Bonchev–Trinajstić information content (AvgIpc) is 2.73. The third kappa shape index (κ3) is 3.01. The standard InChI is InChI=1S/C14H20ClN3O/c1-10(15)14-16-12-9-11(19-4)5-6-13(12)18(14)8-7-17(2)3/h5-6,9-10H,7-8H2,1-4H3. The van der Waals surface area contributed by atoms with E-state index in [1.54, 1.807) is 7.11 Å². The van der Waals surface area contributed by atoms with Crippen LogP contribution >= 0.6 is 11.6 Å². The van der Waals surface area contributed by atoms with Crippen LogP contribution in [0.25, 0.3) is 11.0 Å². The van der Waals surface area contributed by atoms with Crippen LogP contribution in [0.2, 0.25) is 0 Å². The number of hydrogen-bond donors (Lipinski definition) is 0. The number of aromatic nitrogens is 2. The molecule has 1 unspecified atom stereocenters. The third-order valence-electron chi connectivity index (χ3n) is 3.11. The molecule has 1 heterocycles. The lowest BCUT2D eigenvalue weighted by atomic mass is 10.3. The van der Waals surface area contributed by atoms with Crippen molar-refractivity contribution in [1.82, 2.24) is 14.5 Å². The van der Waals surface area contributed by atoms with E-state index in [9.17, 15) is 0 Å². The fourth-order valence-electron chi connectivity index (χ4n) is 2.09. The fourth-order valence-corrected chi connectivity index (χ4v) is 2.26. The number of benzene rings is 1. The van der Waals surface area contributed by atoms with Crippen molar-refractivity contribution in [3.8, 4) is 5.75 Å². The quantitative estimate of drug-likeness (QED) is 0.790. The molecule has 0 N–H and O–H groups in total. The van der Waals surface area contributed by atoms with Crippen LogP contribution in [0.15, 0.2) is 18.2 Å². The first kappa shape index (κ1) is 14.2. The maximum Gasteiger partial charge on any atom is 0.127 e. The minimum atomic E-state index is -0.111. The van der Waals surface area contributed by atoms with Crippen LogP contribution in [0.3, 0.4) is 0 Å². The van der Waals surface area contributed by atoms with Crippen molar-refractivity contribution < 1.29 is 4.74 Å². The van der Waals surface area contributed by atoms with Gasteiger partial charge in [0.05, 0.1) is 23.5 Å². The van der Waals surface area contributed by atoms with Gasteiger partial charge in [0.15, 0.2) is 0 Å². The Labute approximate surface area is 118 Å². The Balaban J connectivity index is 2.47. The summed E-state index contributed by atoms with van der Waals surface area (Å²) >= 11 is 6.24. The summed E-state index contributed by atoms with van der Waals surface area (Å²) in [6.07, 6.45) is 0. The zero-order valence-corrected chi connectivity index (χ0v) is 12.6. The largest absolute Gasteiger partial charge is 0.497 e. The van der Waals surface area contributed by atoms with Crippen molar-refractivity contribution in [3.63, 3.8) is 0 Å². The predicted octanol–water partition coefficient (Wildman–Crippen LogP) is 2.91. The van der Waals surface area contributed by atoms with Crippen molar-refractivity contribution in [2.75, 3.05) is 27.7 Å². The lowest BCUT2D eigenvalue weighted by molar-refractivity contribution is 0.383. The molecule has 0 amide bonds. The Morgan fingerprint density at radius 1 is 1.42 bits per heavy atom. The van der Waals surface area contributed by atoms with E-state index in [1.807, 2.05) is 25.1 Å². The summed E-state index contributed by atoms with van der Waals surface area (Å²) in [5.41, 5.74) is 2.03. The second kappa shape index (κ2) is 5.80. The molecule has 0 saturated heterocycles. The van der Waals surface area contributed by atoms with Gasteiger partial charge < -0.3 is 14.2 Å². The minimum absolute atomic E-state index is 0.111. The number of nitrogens with zero attached hydrogens (tertiary/aromatic N) is 3. The van der Waals surface area contributed by atoms with Crippen LogP contribution in [0.5, 0.6) is 5.75 Å². The SMILES string of the molecule is COc1ccc2c(c1)nc(C(C)Cl)n2CCN(C)C. The van der Waals surface area contributed by atoms with Gasteiger partial charge in [-0.1, -0.05) is 0 Å². The van der Waals surface area contributed by atoms with E-state index in [1.165, 1.54) is 0 Å². The van der Waals surface area contributed by atoms with E-state index in [4.69, 9.17) is 16.3 Å². The molecule has 5 heteroatoms. The predicted molar refractivity (Wildman–Crippen MR) is 79.1 cm³/mol. The second-order valence-electron chi connectivity index (χ2n) is 4.90. The lowest BCUT2D eigenvalue weighted by Crippen LogP contribution is -2.19. The highest BCUT2D eigenvalue weighted by Crippen LogP contribution is 2.27. The number of likely N-dealkylation sites (N-methyl/N-ethyl adjacent to an activating group) is 1. The number of rotatable bonds is 5. The fraction of sp³-hybridized carbons (Fsp3) is 0.500. The van der Waals surface area contributed by atoms with Crippen molar-refractivity contribution in [2.45, 2.75) is 18.8 Å². The van der Waals surface area contributed by atoms with E-state index < -0.39 is 0 Å². The number of hydrogen-bond acceptors (Lipinski definition) is 3. The van der Waals surface area contributed by atoms with Gasteiger partial charge in [0.25, 0.3) is 0 Å². The van der Waals surface area contributed by atoms with Gasteiger partial charge in [-0.3, -0.25) is 0 Å². The van der Waals surface area contributed by atoms with E-state index in [0.717, 1.165) is 35.7 Å². The van der Waals surface area contributed by atoms with Crippen LogP contribution < -0.4 is 4.74 Å². The topological polar surface area (TPSA) is 30.3 Å². The smallest absolute Gasteiger partial charge is 0.127 e. The molecule has 1 aromatic heterocycles. The molecular formula is C14H20ClN3O. The summed E-state index contributed by atoms with van der Waals surface area (Å²) in [6, 6.07) is 5.95. The molecule has 0 spiro atoms. The van der Waals surface area contributed by atoms with Crippen LogP contribution in [-0.2, 0) is 6.54 Å². The van der Waals surface area contributed by atoms with Gasteiger partial charge in [0.1, 0.15) is 11.6 Å². The first-order valence-corrected chi connectivity index (χ1v) is 6.79. The molecule has 0 radical (unpaired) electrons. The molecule has 0 aliphatic heterocycles. The number of imidazole rings is 1. The maximum absolute atomic E-state index is 6.24. The summed E-state index contributed by atoms with van der Waals surface area (Å²) in [4.78, 5) is 6.78. The Hall–Kier alpha value is -1.26.